The Hall–Kier alpha value is -1.45. The number of rotatable bonds is 1. The van der Waals surface area contributed by atoms with Gasteiger partial charge in [0.2, 0.25) is 0 Å². The van der Waals surface area contributed by atoms with Crippen LogP contribution in [0.15, 0.2) is 41.1 Å². The Bertz CT molecular complexity index is 724. The van der Waals surface area contributed by atoms with Crippen LogP contribution in [0.1, 0.15) is 5.56 Å². The lowest BCUT2D eigenvalue weighted by atomic mass is 10.0. The summed E-state index contributed by atoms with van der Waals surface area (Å²) in [5, 5.41) is 5.49. The fraction of sp³-hybridized carbons (Fsp3) is 0.0714. The normalized spacial score (nSPS) is 10.9. The molecule has 0 saturated carbocycles. The van der Waals surface area contributed by atoms with E-state index in [1.165, 1.54) is 22.1 Å². The van der Waals surface area contributed by atoms with Gasteiger partial charge in [0.25, 0.3) is 0 Å². The van der Waals surface area contributed by atoms with E-state index in [9.17, 15) is 0 Å². The smallest absolute Gasteiger partial charge is 0.104 e. The highest BCUT2D eigenvalue weighted by atomic mass is 32.1. The van der Waals surface area contributed by atoms with Crippen molar-refractivity contribution in [3.63, 3.8) is 0 Å². The zero-order chi connectivity index (χ0) is 11.8. The third-order valence-electron chi connectivity index (χ3n) is 2.83. The van der Waals surface area contributed by atoms with Crippen LogP contribution in [0.25, 0.3) is 22.0 Å². The lowest BCUT2D eigenvalue weighted by Crippen LogP contribution is -1.85. The number of thiophene rings is 1. The Morgan fingerprint density at radius 2 is 2.06 bits per heavy atom. The molecule has 3 aromatic rings. The maximum absolute atomic E-state index is 5.28. The summed E-state index contributed by atoms with van der Waals surface area (Å²) in [6.45, 7) is 2.11. The summed E-state index contributed by atoms with van der Waals surface area (Å²) in [7, 11) is 0. The van der Waals surface area contributed by atoms with E-state index < -0.39 is 0 Å². The minimum atomic E-state index is 0.780. The summed E-state index contributed by atoms with van der Waals surface area (Å²) < 4.78 is 0.780. The quantitative estimate of drug-likeness (QED) is 0.611. The second-order valence-corrected chi connectivity index (χ2v) is 5.33. The fourth-order valence-corrected chi connectivity index (χ4v) is 2.91. The first kappa shape index (κ1) is 10.7. The number of pyridine rings is 1. The zero-order valence-corrected chi connectivity index (χ0v) is 11.0. The molecule has 3 rings (SSSR count). The average molecular weight is 257 g/mol. The van der Waals surface area contributed by atoms with Crippen molar-refractivity contribution in [1.82, 2.24) is 4.98 Å². The van der Waals surface area contributed by atoms with Gasteiger partial charge in [-0.15, -0.1) is 0 Å². The van der Waals surface area contributed by atoms with E-state index in [2.05, 4.69) is 46.9 Å². The van der Waals surface area contributed by atoms with Gasteiger partial charge in [0, 0.05) is 10.9 Å². The number of benzene rings is 1. The van der Waals surface area contributed by atoms with Crippen LogP contribution in [-0.2, 0) is 0 Å². The van der Waals surface area contributed by atoms with Crippen molar-refractivity contribution in [3.8, 4) is 11.1 Å². The molecule has 1 nitrogen and oxygen atoms in total. The van der Waals surface area contributed by atoms with Gasteiger partial charge in [-0.05, 0) is 53.1 Å². The number of fused-ring (bicyclic) bond motifs is 1. The van der Waals surface area contributed by atoms with Crippen molar-refractivity contribution in [2.75, 3.05) is 0 Å². The van der Waals surface area contributed by atoms with Gasteiger partial charge in [-0.1, -0.05) is 23.8 Å². The van der Waals surface area contributed by atoms with E-state index in [-0.39, 0.29) is 0 Å². The SMILES string of the molecule is Cc1ccc2[nH]c(=S)cc(-c3ccsc3)c2c1. The number of aryl methyl sites for hydroxylation is 1. The van der Waals surface area contributed by atoms with Gasteiger partial charge in [-0.2, -0.15) is 11.3 Å². The highest BCUT2D eigenvalue weighted by Crippen LogP contribution is 2.29. The molecule has 0 aliphatic rings. The van der Waals surface area contributed by atoms with Crippen LogP contribution in [0.3, 0.4) is 0 Å². The molecule has 0 spiro atoms. The molecule has 0 radical (unpaired) electrons. The Kier molecular flexibility index (Phi) is 2.57. The molecule has 2 aromatic heterocycles. The monoisotopic (exact) mass is 257 g/mol. The minimum absolute atomic E-state index is 0.780. The summed E-state index contributed by atoms with van der Waals surface area (Å²) in [5.41, 5.74) is 4.82. The van der Waals surface area contributed by atoms with Crippen molar-refractivity contribution in [2.45, 2.75) is 6.92 Å². The molecule has 17 heavy (non-hydrogen) atoms. The standard InChI is InChI=1S/C14H11NS2/c1-9-2-3-13-12(6-9)11(7-14(16)15-13)10-4-5-17-8-10/h2-8H,1H3,(H,15,16). The van der Waals surface area contributed by atoms with Crippen LogP contribution in [0.4, 0.5) is 0 Å². The van der Waals surface area contributed by atoms with Crippen molar-refractivity contribution in [1.29, 1.82) is 0 Å². The molecule has 0 unspecified atom stereocenters. The topological polar surface area (TPSA) is 15.8 Å². The van der Waals surface area contributed by atoms with Crippen LogP contribution in [0.5, 0.6) is 0 Å². The minimum Gasteiger partial charge on any atom is -0.346 e. The van der Waals surface area contributed by atoms with Gasteiger partial charge in [-0.25, -0.2) is 0 Å². The number of aromatic nitrogens is 1. The highest BCUT2D eigenvalue weighted by Gasteiger charge is 2.05. The number of hydrogen-bond donors (Lipinski definition) is 1. The molecule has 0 atom stereocenters. The predicted molar refractivity (Wildman–Crippen MR) is 77.2 cm³/mol. The van der Waals surface area contributed by atoms with E-state index in [0.717, 1.165) is 10.2 Å². The molecule has 2 heterocycles. The molecule has 0 aliphatic heterocycles. The van der Waals surface area contributed by atoms with E-state index in [0.29, 0.717) is 0 Å². The third kappa shape index (κ3) is 1.92. The molecule has 0 amide bonds. The molecular weight excluding hydrogens is 246 g/mol. The summed E-state index contributed by atoms with van der Waals surface area (Å²) in [4.78, 5) is 3.24. The van der Waals surface area contributed by atoms with E-state index in [1.54, 1.807) is 11.3 Å². The Morgan fingerprint density at radius 1 is 1.18 bits per heavy atom. The Labute approximate surface area is 109 Å². The second-order valence-electron chi connectivity index (χ2n) is 4.11. The lowest BCUT2D eigenvalue weighted by molar-refractivity contribution is 1.36. The molecule has 0 aliphatic carbocycles. The summed E-state index contributed by atoms with van der Waals surface area (Å²) in [6.07, 6.45) is 0. The summed E-state index contributed by atoms with van der Waals surface area (Å²) in [6, 6.07) is 10.6. The first-order valence-corrected chi connectivity index (χ1v) is 6.75. The Morgan fingerprint density at radius 3 is 2.82 bits per heavy atom. The van der Waals surface area contributed by atoms with E-state index >= 15 is 0 Å². The molecule has 84 valence electrons. The number of nitrogens with one attached hydrogen (secondary N) is 1. The second kappa shape index (κ2) is 4.09. The van der Waals surface area contributed by atoms with Crippen LogP contribution in [0.2, 0.25) is 0 Å². The molecule has 1 aromatic carbocycles. The summed E-state index contributed by atoms with van der Waals surface area (Å²) >= 11 is 6.99. The first-order valence-electron chi connectivity index (χ1n) is 5.40. The van der Waals surface area contributed by atoms with Crippen LogP contribution in [-0.4, -0.2) is 4.98 Å². The molecular formula is C14H11NS2. The fourth-order valence-electron chi connectivity index (χ4n) is 2.02. The van der Waals surface area contributed by atoms with E-state index in [1.807, 2.05) is 6.07 Å². The van der Waals surface area contributed by atoms with Crippen LogP contribution >= 0.6 is 23.6 Å². The highest BCUT2D eigenvalue weighted by molar-refractivity contribution is 7.71. The number of hydrogen-bond acceptors (Lipinski definition) is 2. The zero-order valence-electron chi connectivity index (χ0n) is 9.36. The number of H-pyrrole nitrogens is 1. The van der Waals surface area contributed by atoms with Crippen LogP contribution < -0.4 is 0 Å². The van der Waals surface area contributed by atoms with Gasteiger partial charge in [0.15, 0.2) is 0 Å². The van der Waals surface area contributed by atoms with Crippen molar-refractivity contribution in [2.24, 2.45) is 0 Å². The third-order valence-corrected chi connectivity index (χ3v) is 3.73. The predicted octanol–water partition coefficient (Wildman–Crippen LogP) is 4.93. The first-order chi connectivity index (χ1) is 8.24. The molecule has 3 heteroatoms. The average Bonchev–Trinajstić information content (AvgIpc) is 2.82. The van der Waals surface area contributed by atoms with Crippen LogP contribution in [0, 0.1) is 11.6 Å². The van der Waals surface area contributed by atoms with E-state index in [4.69, 9.17) is 12.2 Å². The van der Waals surface area contributed by atoms with Gasteiger partial charge in [-0.3, -0.25) is 0 Å². The maximum Gasteiger partial charge on any atom is 0.104 e. The Balaban J connectivity index is 2.44. The van der Waals surface area contributed by atoms with Crippen molar-refractivity contribution < 1.29 is 0 Å². The molecule has 1 N–H and O–H groups in total. The van der Waals surface area contributed by atoms with Gasteiger partial charge in [0.05, 0.1) is 0 Å². The molecule has 0 saturated heterocycles. The van der Waals surface area contributed by atoms with Gasteiger partial charge >= 0.3 is 0 Å². The van der Waals surface area contributed by atoms with Crippen molar-refractivity contribution in [3.05, 3.63) is 51.3 Å². The maximum atomic E-state index is 5.28. The van der Waals surface area contributed by atoms with Gasteiger partial charge in [0.1, 0.15) is 4.64 Å². The van der Waals surface area contributed by atoms with Crippen molar-refractivity contribution >= 4 is 34.5 Å². The number of aromatic amines is 1. The lowest BCUT2D eigenvalue weighted by Gasteiger charge is -2.06. The van der Waals surface area contributed by atoms with Gasteiger partial charge < -0.3 is 4.98 Å². The largest absolute Gasteiger partial charge is 0.346 e. The summed E-state index contributed by atoms with van der Waals surface area (Å²) in [5.74, 6) is 0. The molecule has 0 fully saturated rings. The molecule has 0 bridgehead atoms.